The largest absolute Gasteiger partial charge is 0.371 e. The quantitative estimate of drug-likeness (QED) is 0.742. The van der Waals surface area contributed by atoms with Crippen LogP contribution in [0.5, 0.6) is 0 Å². The van der Waals surface area contributed by atoms with Gasteiger partial charge in [0.25, 0.3) is 0 Å². The van der Waals surface area contributed by atoms with E-state index in [1.807, 2.05) is 19.1 Å². The number of ketones is 1. The van der Waals surface area contributed by atoms with Gasteiger partial charge in [0, 0.05) is 18.1 Å². The predicted octanol–water partition coefficient (Wildman–Crippen LogP) is 3.66. The molecule has 0 fully saturated rings. The van der Waals surface area contributed by atoms with E-state index in [1.165, 1.54) is 0 Å². The number of halogens is 1. The predicted molar refractivity (Wildman–Crippen MR) is 70.5 cm³/mol. The van der Waals surface area contributed by atoms with Crippen molar-refractivity contribution in [1.82, 2.24) is 0 Å². The van der Waals surface area contributed by atoms with Crippen molar-refractivity contribution in [2.75, 3.05) is 6.61 Å². The Kier molecular flexibility index (Phi) is 6.23. The standard InChI is InChI=1S/C14H19ClO2/c1-3-5-14(17-4-2)13(16)10-11-6-8-12(15)9-7-11/h6-9,14H,3-5,10H2,1-2H3. The molecule has 2 nitrogen and oxygen atoms in total. The Hall–Kier alpha value is -0.860. The van der Waals surface area contributed by atoms with Crippen molar-refractivity contribution < 1.29 is 9.53 Å². The second kappa shape index (κ2) is 7.46. The molecule has 0 saturated heterocycles. The Balaban J connectivity index is 2.59. The van der Waals surface area contributed by atoms with E-state index in [0.29, 0.717) is 18.1 Å². The summed E-state index contributed by atoms with van der Waals surface area (Å²) in [7, 11) is 0. The van der Waals surface area contributed by atoms with Crippen LogP contribution in [-0.2, 0) is 16.0 Å². The molecule has 0 heterocycles. The number of rotatable bonds is 7. The van der Waals surface area contributed by atoms with E-state index in [4.69, 9.17) is 16.3 Å². The molecule has 0 spiro atoms. The molecule has 0 bridgehead atoms. The molecule has 1 atom stereocenters. The summed E-state index contributed by atoms with van der Waals surface area (Å²) in [5.74, 6) is 0.149. The van der Waals surface area contributed by atoms with Crippen molar-refractivity contribution in [1.29, 1.82) is 0 Å². The van der Waals surface area contributed by atoms with Crippen LogP contribution in [0.1, 0.15) is 32.3 Å². The van der Waals surface area contributed by atoms with Crippen LogP contribution >= 0.6 is 11.6 Å². The molecule has 0 aliphatic carbocycles. The Labute approximate surface area is 108 Å². The fourth-order valence-corrected chi connectivity index (χ4v) is 1.84. The van der Waals surface area contributed by atoms with Crippen LogP contribution in [0.2, 0.25) is 5.02 Å². The highest BCUT2D eigenvalue weighted by molar-refractivity contribution is 6.30. The van der Waals surface area contributed by atoms with E-state index in [9.17, 15) is 4.79 Å². The van der Waals surface area contributed by atoms with Crippen LogP contribution in [-0.4, -0.2) is 18.5 Å². The molecular weight excluding hydrogens is 236 g/mol. The van der Waals surface area contributed by atoms with Crippen molar-refractivity contribution in [3.8, 4) is 0 Å². The Morgan fingerprint density at radius 1 is 1.29 bits per heavy atom. The van der Waals surface area contributed by atoms with Gasteiger partial charge in [-0.2, -0.15) is 0 Å². The van der Waals surface area contributed by atoms with Gasteiger partial charge < -0.3 is 4.74 Å². The van der Waals surface area contributed by atoms with Gasteiger partial charge in [0.1, 0.15) is 6.10 Å². The maximum Gasteiger partial charge on any atom is 0.165 e. The number of ether oxygens (including phenoxy) is 1. The first-order valence-electron chi connectivity index (χ1n) is 6.06. The molecule has 0 aromatic heterocycles. The molecule has 0 aliphatic heterocycles. The highest BCUT2D eigenvalue weighted by Crippen LogP contribution is 2.12. The number of hydrogen-bond acceptors (Lipinski definition) is 2. The lowest BCUT2D eigenvalue weighted by Crippen LogP contribution is -2.25. The lowest BCUT2D eigenvalue weighted by atomic mass is 10.0. The van der Waals surface area contributed by atoms with Gasteiger partial charge in [0.15, 0.2) is 5.78 Å². The molecule has 0 radical (unpaired) electrons. The number of benzene rings is 1. The molecule has 0 saturated carbocycles. The number of hydrogen-bond donors (Lipinski definition) is 0. The molecule has 3 heteroatoms. The third-order valence-corrected chi connectivity index (χ3v) is 2.82. The molecular formula is C14H19ClO2. The van der Waals surface area contributed by atoms with E-state index in [1.54, 1.807) is 12.1 Å². The van der Waals surface area contributed by atoms with Gasteiger partial charge in [-0.1, -0.05) is 37.1 Å². The minimum atomic E-state index is -0.263. The van der Waals surface area contributed by atoms with Crippen LogP contribution < -0.4 is 0 Å². The maximum absolute atomic E-state index is 12.0. The average molecular weight is 255 g/mol. The molecule has 1 rings (SSSR count). The molecule has 1 aromatic rings. The van der Waals surface area contributed by atoms with Crippen molar-refractivity contribution in [3.05, 3.63) is 34.9 Å². The van der Waals surface area contributed by atoms with Crippen molar-refractivity contribution in [2.24, 2.45) is 0 Å². The zero-order valence-electron chi connectivity index (χ0n) is 10.4. The molecule has 0 N–H and O–H groups in total. The summed E-state index contributed by atoms with van der Waals surface area (Å²) in [5.41, 5.74) is 0.986. The van der Waals surface area contributed by atoms with Crippen LogP contribution in [0, 0.1) is 0 Å². The van der Waals surface area contributed by atoms with Gasteiger partial charge in [-0.25, -0.2) is 0 Å². The van der Waals surface area contributed by atoms with Crippen LogP contribution in [0.15, 0.2) is 24.3 Å². The summed E-state index contributed by atoms with van der Waals surface area (Å²) >= 11 is 5.80. The molecule has 1 unspecified atom stereocenters. The van der Waals surface area contributed by atoms with Crippen LogP contribution in [0.25, 0.3) is 0 Å². The summed E-state index contributed by atoms with van der Waals surface area (Å²) in [5, 5.41) is 0.691. The molecule has 0 amide bonds. The second-order valence-corrected chi connectivity index (χ2v) is 4.44. The topological polar surface area (TPSA) is 26.3 Å². The molecule has 94 valence electrons. The first-order chi connectivity index (χ1) is 8.17. The summed E-state index contributed by atoms with van der Waals surface area (Å²) in [4.78, 5) is 12.0. The van der Waals surface area contributed by atoms with Crippen molar-refractivity contribution >= 4 is 17.4 Å². The lowest BCUT2D eigenvalue weighted by molar-refractivity contribution is -0.130. The van der Waals surface area contributed by atoms with Gasteiger partial charge >= 0.3 is 0 Å². The van der Waals surface area contributed by atoms with Gasteiger partial charge in [-0.05, 0) is 31.0 Å². The number of carbonyl (C=O) groups excluding carboxylic acids is 1. The maximum atomic E-state index is 12.0. The number of carbonyl (C=O) groups is 1. The van der Waals surface area contributed by atoms with E-state index in [0.717, 1.165) is 18.4 Å². The van der Waals surface area contributed by atoms with E-state index in [-0.39, 0.29) is 11.9 Å². The summed E-state index contributed by atoms with van der Waals surface area (Å²) in [6.07, 6.45) is 1.90. The average Bonchev–Trinajstić information content (AvgIpc) is 2.32. The van der Waals surface area contributed by atoms with Crippen LogP contribution in [0.4, 0.5) is 0 Å². The first kappa shape index (κ1) is 14.2. The van der Waals surface area contributed by atoms with Gasteiger partial charge in [0.05, 0.1) is 0 Å². The van der Waals surface area contributed by atoms with E-state index in [2.05, 4.69) is 6.92 Å². The minimum Gasteiger partial charge on any atom is -0.371 e. The SMILES string of the molecule is CCCC(OCC)C(=O)Cc1ccc(Cl)cc1. The van der Waals surface area contributed by atoms with Gasteiger partial charge in [0.2, 0.25) is 0 Å². The Bertz CT molecular complexity index is 340. The zero-order valence-corrected chi connectivity index (χ0v) is 11.2. The normalized spacial score (nSPS) is 12.4. The van der Waals surface area contributed by atoms with E-state index < -0.39 is 0 Å². The minimum absolute atomic E-state index is 0.149. The van der Waals surface area contributed by atoms with E-state index >= 15 is 0 Å². The summed E-state index contributed by atoms with van der Waals surface area (Å²) in [6.45, 7) is 4.55. The summed E-state index contributed by atoms with van der Waals surface area (Å²) < 4.78 is 5.46. The highest BCUT2D eigenvalue weighted by Gasteiger charge is 2.17. The Morgan fingerprint density at radius 3 is 2.47 bits per heavy atom. The molecule has 17 heavy (non-hydrogen) atoms. The van der Waals surface area contributed by atoms with Crippen molar-refractivity contribution in [2.45, 2.75) is 39.2 Å². The highest BCUT2D eigenvalue weighted by atomic mass is 35.5. The molecule has 0 aliphatic rings. The fourth-order valence-electron chi connectivity index (χ4n) is 1.72. The monoisotopic (exact) mass is 254 g/mol. The first-order valence-corrected chi connectivity index (χ1v) is 6.44. The number of Topliss-reactive ketones (excluding diaryl/α,β-unsaturated/α-hetero) is 1. The molecule has 1 aromatic carbocycles. The smallest absolute Gasteiger partial charge is 0.165 e. The fraction of sp³-hybridized carbons (Fsp3) is 0.500. The van der Waals surface area contributed by atoms with Gasteiger partial charge in [-0.15, -0.1) is 0 Å². The Morgan fingerprint density at radius 2 is 1.94 bits per heavy atom. The van der Waals surface area contributed by atoms with Gasteiger partial charge in [-0.3, -0.25) is 4.79 Å². The van der Waals surface area contributed by atoms with Crippen LogP contribution in [0.3, 0.4) is 0 Å². The zero-order chi connectivity index (χ0) is 12.7. The summed E-state index contributed by atoms with van der Waals surface area (Å²) in [6, 6.07) is 7.38. The third-order valence-electron chi connectivity index (χ3n) is 2.57. The lowest BCUT2D eigenvalue weighted by Gasteiger charge is -2.14. The van der Waals surface area contributed by atoms with Crippen molar-refractivity contribution in [3.63, 3.8) is 0 Å². The second-order valence-electron chi connectivity index (χ2n) is 4.00. The third kappa shape index (κ3) is 4.88.